The Kier molecular flexibility index (Phi) is 3.46. The summed E-state index contributed by atoms with van der Waals surface area (Å²) in [4.78, 5) is 8.82. The third-order valence-electron chi connectivity index (χ3n) is 2.64. The molecule has 3 rings (SSSR count). The van der Waals surface area contributed by atoms with E-state index in [0.717, 1.165) is 15.1 Å². The van der Waals surface area contributed by atoms with Crippen molar-refractivity contribution in [2.75, 3.05) is 0 Å². The molecule has 2 heterocycles. The zero-order valence-corrected chi connectivity index (χ0v) is 11.8. The Hall–Kier alpha value is -1.86. The molecule has 0 atom stereocenters. The molecule has 21 heavy (non-hydrogen) atoms. The molecule has 0 aliphatic carbocycles. The van der Waals surface area contributed by atoms with Gasteiger partial charge >= 0.3 is 6.36 Å². The highest BCUT2D eigenvalue weighted by Crippen LogP contribution is 2.36. The molecule has 0 saturated heterocycles. The second kappa shape index (κ2) is 5.16. The van der Waals surface area contributed by atoms with E-state index in [2.05, 4.69) is 14.7 Å². The van der Waals surface area contributed by atoms with Crippen molar-refractivity contribution < 1.29 is 17.9 Å². The van der Waals surface area contributed by atoms with E-state index >= 15 is 0 Å². The van der Waals surface area contributed by atoms with Crippen molar-refractivity contribution in [1.82, 2.24) is 9.97 Å². The first kappa shape index (κ1) is 14.1. The first-order valence-corrected chi connectivity index (χ1v) is 6.88. The maximum absolute atomic E-state index is 12.1. The van der Waals surface area contributed by atoms with Crippen LogP contribution in [0.2, 0.25) is 5.15 Å². The topological polar surface area (TPSA) is 35.0 Å². The van der Waals surface area contributed by atoms with Gasteiger partial charge in [0.2, 0.25) is 0 Å². The molecule has 0 bridgehead atoms. The number of hydrogen-bond donors (Lipinski definition) is 0. The maximum atomic E-state index is 12.1. The van der Waals surface area contributed by atoms with Gasteiger partial charge in [-0.05, 0) is 35.9 Å². The van der Waals surface area contributed by atoms with Gasteiger partial charge in [0, 0.05) is 4.88 Å². The highest BCUT2D eigenvalue weighted by atomic mass is 35.5. The number of alkyl halides is 3. The lowest BCUT2D eigenvalue weighted by Gasteiger charge is -2.08. The molecule has 8 heteroatoms. The van der Waals surface area contributed by atoms with Gasteiger partial charge in [-0.25, -0.2) is 9.97 Å². The van der Waals surface area contributed by atoms with E-state index in [1.807, 2.05) is 6.07 Å². The van der Waals surface area contributed by atoms with Crippen LogP contribution in [-0.2, 0) is 0 Å². The minimum absolute atomic E-state index is 0.259. The van der Waals surface area contributed by atoms with Crippen molar-refractivity contribution in [3.05, 3.63) is 41.8 Å². The Labute approximate surface area is 126 Å². The van der Waals surface area contributed by atoms with Crippen LogP contribution in [0, 0.1) is 0 Å². The quantitative estimate of drug-likeness (QED) is 0.626. The second-order valence-corrected chi connectivity index (χ2v) is 5.47. The predicted molar refractivity (Wildman–Crippen MR) is 74.5 cm³/mol. The molecule has 0 unspecified atom stereocenters. The lowest BCUT2D eigenvalue weighted by Crippen LogP contribution is -2.16. The van der Waals surface area contributed by atoms with Crippen molar-refractivity contribution >= 4 is 33.2 Å². The average molecular weight is 331 g/mol. The lowest BCUT2D eigenvalue weighted by molar-refractivity contribution is -0.274. The van der Waals surface area contributed by atoms with E-state index in [1.54, 1.807) is 12.1 Å². The molecule has 0 spiro atoms. The van der Waals surface area contributed by atoms with Crippen LogP contribution in [0.4, 0.5) is 13.2 Å². The number of benzene rings is 1. The molecule has 3 nitrogen and oxygen atoms in total. The fourth-order valence-corrected chi connectivity index (χ4v) is 3.04. The Morgan fingerprint density at radius 3 is 2.43 bits per heavy atom. The molecule has 0 amide bonds. The molecule has 2 aromatic heterocycles. The van der Waals surface area contributed by atoms with Gasteiger partial charge in [0.25, 0.3) is 0 Å². The van der Waals surface area contributed by atoms with Crippen molar-refractivity contribution in [1.29, 1.82) is 0 Å². The summed E-state index contributed by atoms with van der Waals surface area (Å²) in [5, 5.41) is 0.355. The van der Waals surface area contributed by atoms with Crippen LogP contribution in [0.25, 0.3) is 20.7 Å². The number of rotatable bonds is 2. The number of fused-ring (bicyclic) bond motifs is 1. The number of hydrogen-bond acceptors (Lipinski definition) is 4. The molecule has 3 aromatic rings. The van der Waals surface area contributed by atoms with Crippen molar-refractivity contribution in [2.45, 2.75) is 6.36 Å². The summed E-state index contributed by atoms with van der Waals surface area (Å²) in [5.41, 5.74) is 1.45. The largest absolute Gasteiger partial charge is 0.573 e. The molecule has 0 radical (unpaired) electrons. The van der Waals surface area contributed by atoms with Gasteiger partial charge in [-0.1, -0.05) is 11.6 Å². The van der Waals surface area contributed by atoms with E-state index in [1.165, 1.54) is 29.8 Å². The van der Waals surface area contributed by atoms with Gasteiger partial charge in [0.15, 0.2) is 0 Å². The number of aromatic nitrogens is 2. The van der Waals surface area contributed by atoms with Gasteiger partial charge in [-0.15, -0.1) is 24.5 Å². The van der Waals surface area contributed by atoms with Crippen molar-refractivity contribution in [3.8, 4) is 16.2 Å². The van der Waals surface area contributed by atoms with Crippen LogP contribution >= 0.6 is 22.9 Å². The van der Waals surface area contributed by atoms with Crippen LogP contribution in [0.15, 0.2) is 36.7 Å². The van der Waals surface area contributed by atoms with Crippen LogP contribution in [0.5, 0.6) is 5.75 Å². The molecule has 0 aliphatic rings. The van der Waals surface area contributed by atoms with E-state index < -0.39 is 6.36 Å². The minimum Gasteiger partial charge on any atom is -0.406 e. The standard InChI is InChI=1S/C13H6ClF3N2OS/c14-12-11-9(18-6-19-12)5-10(21-11)7-1-3-8(4-2-7)20-13(15,16)17/h1-6H. The van der Waals surface area contributed by atoms with Gasteiger partial charge in [-0.2, -0.15) is 0 Å². The third kappa shape index (κ3) is 3.08. The number of thiophene rings is 1. The molecule has 1 aromatic carbocycles. The molecule has 0 aliphatic heterocycles. The summed E-state index contributed by atoms with van der Waals surface area (Å²) in [6.07, 6.45) is -3.33. The predicted octanol–water partition coefficient (Wildman–Crippen LogP) is 4.91. The Morgan fingerprint density at radius 1 is 1.10 bits per heavy atom. The van der Waals surface area contributed by atoms with Crippen LogP contribution < -0.4 is 4.74 Å². The number of halogens is 4. The first-order chi connectivity index (χ1) is 9.92. The monoisotopic (exact) mass is 330 g/mol. The summed E-state index contributed by atoms with van der Waals surface area (Å²) in [5.74, 6) is -0.259. The molecular weight excluding hydrogens is 325 g/mol. The zero-order valence-electron chi connectivity index (χ0n) is 10.2. The molecule has 108 valence electrons. The summed E-state index contributed by atoms with van der Waals surface area (Å²) in [6.45, 7) is 0. The van der Waals surface area contributed by atoms with Crippen LogP contribution in [0.3, 0.4) is 0 Å². The Morgan fingerprint density at radius 2 is 1.81 bits per heavy atom. The molecule has 0 saturated carbocycles. The Bertz CT molecular complexity index is 786. The van der Waals surface area contributed by atoms with Crippen LogP contribution in [0.1, 0.15) is 0 Å². The maximum Gasteiger partial charge on any atom is 0.573 e. The summed E-state index contributed by atoms with van der Waals surface area (Å²) in [7, 11) is 0. The van der Waals surface area contributed by atoms with E-state index in [9.17, 15) is 13.2 Å². The van der Waals surface area contributed by atoms with Crippen molar-refractivity contribution in [2.24, 2.45) is 0 Å². The summed E-state index contributed by atoms with van der Waals surface area (Å²) in [6, 6.07) is 7.44. The van der Waals surface area contributed by atoms with Gasteiger partial charge in [-0.3, -0.25) is 0 Å². The highest BCUT2D eigenvalue weighted by Gasteiger charge is 2.30. The molecular formula is C13H6ClF3N2OS. The first-order valence-electron chi connectivity index (χ1n) is 5.68. The average Bonchev–Trinajstić information content (AvgIpc) is 2.83. The van der Waals surface area contributed by atoms with E-state index in [4.69, 9.17) is 11.6 Å². The SMILES string of the molecule is FC(F)(F)Oc1ccc(-c2cc3ncnc(Cl)c3s2)cc1. The second-order valence-electron chi connectivity index (χ2n) is 4.06. The van der Waals surface area contributed by atoms with Crippen LogP contribution in [-0.4, -0.2) is 16.3 Å². The third-order valence-corrected chi connectivity index (χ3v) is 4.22. The fourth-order valence-electron chi connectivity index (χ4n) is 1.79. The summed E-state index contributed by atoms with van der Waals surface area (Å²) >= 11 is 7.35. The number of nitrogens with zero attached hydrogens (tertiary/aromatic N) is 2. The fraction of sp³-hybridized carbons (Fsp3) is 0.0769. The van der Waals surface area contributed by atoms with Gasteiger partial charge in [0.1, 0.15) is 17.2 Å². The molecule has 0 N–H and O–H groups in total. The molecule has 0 fully saturated rings. The zero-order chi connectivity index (χ0) is 15.0. The lowest BCUT2D eigenvalue weighted by atomic mass is 10.2. The van der Waals surface area contributed by atoms with Gasteiger partial charge < -0.3 is 4.74 Å². The van der Waals surface area contributed by atoms with Gasteiger partial charge in [0.05, 0.1) is 10.2 Å². The highest BCUT2D eigenvalue weighted by molar-refractivity contribution is 7.22. The summed E-state index contributed by atoms with van der Waals surface area (Å²) < 4.78 is 40.9. The Balaban J connectivity index is 1.94. The van der Waals surface area contributed by atoms with E-state index in [0.29, 0.717) is 10.7 Å². The van der Waals surface area contributed by atoms with Crippen molar-refractivity contribution in [3.63, 3.8) is 0 Å². The van der Waals surface area contributed by atoms with E-state index in [-0.39, 0.29) is 5.75 Å². The minimum atomic E-state index is -4.69. The smallest absolute Gasteiger partial charge is 0.406 e. The number of ether oxygens (including phenoxy) is 1. The normalized spacial score (nSPS) is 11.8.